The zero-order valence-electron chi connectivity index (χ0n) is 6.39. The molecule has 0 saturated carbocycles. The lowest BCUT2D eigenvalue weighted by Gasteiger charge is -2.04. The summed E-state index contributed by atoms with van der Waals surface area (Å²) in [5.74, 6) is 0. The fraction of sp³-hybridized carbons (Fsp3) is 0.111. The number of nitrogens with one attached hydrogen (secondary N) is 1. The first-order chi connectivity index (χ1) is 5.27. The molecular weight excluding hydrogens is 202 g/mol. The van der Waals surface area contributed by atoms with E-state index in [0.29, 0.717) is 0 Å². The Morgan fingerprint density at radius 2 is 2.27 bits per heavy atom. The predicted molar refractivity (Wildman–Crippen MR) is 53.8 cm³/mol. The van der Waals surface area contributed by atoms with E-state index in [4.69, 9.17) is 0 Å². The minimum atomic E-state index is 1.08. The number of halogens is 1. The topological polar surface area (TPSA) is 12.0 Å². The number of rotatable bonds is 2. The van der Waals surface area contributed by atoms with Gasteiger partial charge in [-0.2, -0.15) is 0 Å². The van der Waals surface area contributed by atoms with Gasteiger partial charge >= 0.3 is 0 Å². The predicted octanol–water partition coefficient (Wildman–Crippen LogP) is 3.13. The summed E-state index contributed by atoms with van der Waals surface area (Å²) < 4.78 is 1.08. The van der Waals surface area contributed by atoms with Crippen molar-refractivity contribution in [2.24, 2.45) is 0 Å². The van der Waals surface area contributed by atoms with Crippen molar-refractivity contribution < 1.29 is 0 Å². The summed E-state index contributed by atoms with van der Waals surface area (Å²) in [6, 6.07) is 6.04. The largest absolute Gasteiger partial charge is 0.388 e. The Labute approximate surface area is 75.3 Å². The average Bonchev–Trinajstić information content (AvgIpc) is 2.04. The standard InChI is InChI=1S/C9H10BrN/c1-3-7-6-8(10)4-5-9(7)11-2/h3-6,11H,1H2,2H3. The zero-order chi connectivity index (χ0) is 8.27. The molecule has 0 heterocycles. The van der Waals surface area contributed by atoms with Gasteiger partial charge in [-0.25, -0.2) is 0 Å². The molecule has 0 aliphatic heterocycles. The minimum absolute atomic E-state index is 1.08. The molecule has 0 bridgehead atoms. The van der Waals surface area contributed by atoms with E-state index < -0.39 is 0 Å². The van der Waals surface area contributed by atoms with Crippen LogP contribution in [0.25, 0.3) is 6.08 Å². The fourth-order valence-corrected chi connectivity index (χ4v) is 1.31. The normalized spacial score (nSPS) is 9.27. The Morgan fingerprint density at radius 1 is 1.55 bits per heavy atom. The van der Waals surface area contributed by atoms with E-state index in [1.54, 1.807) is 0 Å². The summed E-state index contributed by atoms with van der Waals surface area (Å²) in [6.45, 7) is 3.72. The van der Waals surface area contributed by atoms with E-state index in [1.165, 1.54) is 0 Å². The van der Waals surface area contributed by atoms with Gasteiger partial charge in [0.1, 0.15) is 0 Å². The van der Waals surface area contributed by atoms with Crippen LogP contribution in [-0.4, -0.2) is 7.05 Å². The van der Waals surface area contributed by atoms with Crippen LogP contribution in [0.2, 0.25) is 0 Å². The van der Waals surface area contributed by atoms with Crippen LogP contribution < -0.4 is 5.32 Å². The van der Waals surface area contributed by atoms with Crippen molar-refractivity contribution in [3.8, 4) is 0 Å². The van der Waals surface area contributed by atoms with Gasteiger partial charge in [-0.15, -0.1) is 0 Å². The van der Waals surface area contributed by atoms with Crippen molar-refractivity contribution in [1.82, 2.24) is 0 Å². The Kier molecular flexibility index (Phi) is 2.71. The van der Waals surface area contributed by atoms with E-state index in [9.17, 15) is 0 Å². The molecule has 0 fully saturated rings. The lowest BCUT2D eigenvalue weighted by molar-refractivity contribution is 1.48. The molecule has 0 amide bonds. The molecule has 0 saturated heterocycles. The van der Waals surface area contributed by atoms with E-state index >= 15 is 0 Å². The summed E-state index contributed by atoms with van der Waals surface area (Å²) in [7, 11) is 1.90. The second kappa shape index (κ2) is 3.58. The molecule has 0 aromatic heterocycles. The third-order valence-electron chi connectivity index (χ3n) is 1.50. The molecule has 0 aliphatic rings. The first-order valence-electron chi connectivity index (χ1n) is 3.37. The number of benzene rings is 1. The fourth-order valence-electron chi connectivity index (χ4n) is 0.930. The first-order valence-corrected chi connectivity index (χ1v) is 4.17. The van der Waals surface area contributed by atoms with Gasteiger partial charge in [0.25, 0.3) is 0 Å². The van der Waals surface area contributed by atoms with E-state index in [-0.39, 0.29) is 0 Å². The number of hydrogen-bond acceptors (Lipinski definition) is 1. The van der Waals surface area contributed by atoms with Gasteiger partial charge < -0.3 is 5.32 Å². The number of hydrogen-bond donors (Lipinski definition) is 1. The lowest BCUT2D eigenvalue weighted by atomic mass is 10.2. The maximum absolute atomic E-state index is 3.72. The molecule has 0 unspecified atom stereocenters. The van der Waals surface area contributed by atoms with Gasteiger partial charge in [-0.1, -0.05) is 28.6 Å². The van der Waals surface area contributed by atoms with Crippen molar-refractivity contribution >= 4 is 27.7 Å². The molecule has 58 valence electrons. The van der Waals surface area contributed by atoms with E-state index in [2.05, 4.69) is 27.8 Å². The maximum Gasteiger partial charge on any atom is 0.0411 e. The Morgan fingerprint density at radius 3 is 2.82 bits per heavy atom. The summed E-state index contributed by atoms with van der Waals surface area (Å²) >= 11 is 3.39. The summed E-state index contributed by atoms with van der Waals surface area (Å²) in [4.78, 5) is 0. The third kappa shape index (κ3) is 1.84. The SMILES string of the molecule is C=Cc1cc(Br)ccc1NC. The van der Waals surface area contributed by atoms with Crippen LogP contribution in [0.1, 0.15) is 5.56 Å². The van der Waals surface area contributed by atoms with Crippen LogP contribution in [0.5, 0.6) is 0 Å². The summed E-state index contributed by atoms with van der Waals surface area (Å²) in [6.07, 6.45) is 1.83. The molecule has 1 rings (SSSR count). The van der Waals surface area contributed by atoms with Crippen LogP contribution in [0.15, 0.2) is 29.3 Å². The highest BCUT2D eigenvalue weighted by molar-refractivity contribution is 9.10. The molecular formula is C9H10BrN. The van der Waals surface area contributed by atoms with Gasteiger partial charge in [0.15, 0.2) is 0 Å². The van der Waals surface area contributed by atoms with Crippen molar-refractivity contribution in [2.75, 3.05) is 12.4 Å². The summed E-state index contributed by atoms with van der Waals surface area (Å²) in [5.41, 5.74) is 2.21. The van der Waals surface area contributed by atoms with Crippen LogP contribution in [-0.2, 0) is 0 Å². The molecule has 0 atom stereocenters. The monoisotopic (exact) mass is 211 g/mol. The van der Waals surface area contributed by atoms with Crippen LogP contribution in [0.4, 0.5) is 5.69 Å². The van der Waals surface area contributed by atoms with Crippen LogP contribution in [0.3, 0.4) is 0 Å². The van der Waals surface area contributed by atoms with Crippen molar-refractivity contribution in [1.29, 1.82) is 0 Å². The summed E-state index contributed by atoms with van der Waals surface area (Å²) in [5, 5.41) is 3.08. The lowest BCUT2D eigenvalue weighted by Crippen LogP contribution is -1.90. The molecule has 0 spiro atoms. The van der Waals surface area contributed by atoms with Gasteiger partial charge in [0, 0.05) is 17.2 Å². The molecule has 1 aromatic rings. The minimum Gasteiger partial charge on any atom is -0.388 e. The maximum atomic E-state index is 3.72. The molecule has 0 radical (unpaired) electrons. The van der Waals surface area contributed by atoms with Gasteiger partial charge in [-0.05, 0) is 23.8 Å². The Hall–Kier alpha value is -0.760. The van der Waals surface area contributed by atoms with E-state index in [0.717, 1.165) is 15.7 Å². The molecule has 11 heavy (non-hydrogen) atoms. The van der Waals surface area contributed by atoms with E-state index in [1.807, 2.05) is 31.3 Å². The van der Waals surface area contributed by atoms with Gasteiger partial charge in [0.05, 0.1) is 0 Å². The van der Waals surface area contributed by atoms with Gasteiger partial charge in [0.2, 0.25) is 0 Å². The highest BCUT2D eigenvalue weighted by atomic mass is 79.9. The molecule has 1 N–H and O–H groups in total. The average molecular weight is 212 g/mol. The quantitative estimate of drug-likeness (QED) is 0.793. The second-order valence-corrected chi connectivity index (χ2v) is 3.10. The van der Waals surface area contributed by atoms with Crippen molar-refractivity contribution in [3.63, 3.8) is 0 Å². The van der Waals surface area contributed by atoms with Gasteiger partial charge in [-0.3, -0.25) is 0 Å². The highest BCUT2D eigenvalue weighted by Gasteiger charge is 1.95. The zero-order valence-corrected chi connectivity index (χ0v) is 7.98. The Bertz CT molecular complexity index is 268. The first kappa shape index (κ1) is 8.34. The van der Waals surface area contributed by atoms with Crippen molar-refractivity contribution in [2.45, 2.75) is 0 Å². The Balaban J connectivity index is 3.16. The molecule has 1 nitrogen and oxygen atoms in total. The van der Waals surface area contributed by atoms with Crippen LogP contribution >= 0.6 is 15.9 Å². The molecule has 0 aliphatic carbocycles. The second-order valence-electron chi connectivity index (χ2n) is 2.19. The molecule has 2 heteroatoms. The number of anilines is 1. The molecule has 1 aromatic carbocycles. The van der Waals surface area contributed by atoms with Crippen molar-refractivity contribution in [3.05, 3.63) is 34.8 Å². The highest BCUT2D eigenvalue weighted by Crippen LogP contribution is 2.21. The smallest absolute Gasteiger partial charge is 0.0411 e. The van der Waals surface area contributed by atoms with Crippen LogP contribution in [0, 0.1) is 0 Å². The third-order valence-corrected chi connectivity index (χ3v) is 2.00.